The van der Waals surface area contributed by atoms with Crippen molar-refractivity contribution in [2.75, 3.05) is 0 Å². The van der Waals surface area contributed by atoms with E-state index in [1.165, 1.54) is 54.1 Å². The lowest BCUT2D eigenvalue weighted by atomic mass is 9.76. The van der Waals surface area contributed by atoms with Crippen LogP contribution in [-0.4, -0.2) is 0 Å². The highest BCUT2D eigenvalue weighted by Gasteiger charge is 2.39. The number of hydrogen-bond acceptors (Lipinski definition) is 1. The van der Waals surface area contributed by atoms with Crippen molar-refractivity contribution >= 4 is 47.7 Å². The number of benzene rings is 6. The molecule has 1 aliphatic heterocycles. The molecule has 0 fully saturated rings. The molecule has 1 aliphatic rings. The van der Waals surface area contributed by atoms with E-state index in [0.29, 0.717) is 0 Å². The summed E-state index contributed by atoms with van der Waals surface area (Å²) in [6.07, 6.45) is 0. The van der Waals surface area contributed by atoms with Crippen LogP contribution >= 0.6 is 15.8 Å². The van der Waals surface area contributed by atoms with Gasteiger partial charge in [-0.1, -0.05) is 159 Å². The van der Waals surface area contributed by atoms with Crippen LogP contribution in [0.25, 0.3) is 0 Å². The SMILES string of the molecule is Cc1ccccc1[P@](c1ccccc1)c1cccc2c1Oc1c([P@@](c3ccccc3)c3ccccc3C)cccc1C2(C)C. The average molecular weight is 607 g/mol. The van der Waals surface area contributed by atoms with Crippen molar-refractivity contribution in [3.8, 4) is 11.5 Å². The zero-order valence-electron chi connectivity index (χ0n) is 25.7. The van der Waals surface area contributed by atoms with Gasteiger partial charge in [0, 0.05) is 27.2 Å². The lowest BCUT2D eigenvalue weighted by Crippen LogP contribution is -2.33. The zero-order chi connectivity index (χ0) is 30.3. The second kappa shape index (κ2) is 11.8. The van der Waals surface area contributed by atoms with Gasteiger partial charge in [-0.15, -0.1) is 0 Å². The Kier molecular flexibility index (Phi) is 7.72. The van der Waals surface area contributed by atoms with Crippen molar-refractivity contribution in [1.29, 1.82) is 0 Å². The Labute approximate surface area is 264 Å². The summed E-state index contributed by atoms with van der Waals surface area (Å²) in [5.41, 5.74) is 4.88. The molecule has 0 spiro atoms. The van der Waals surface area contributed by atoms with E-state index in [0.717, 1.165) is 11.5 Å². The van der Waals surface area contributed by atoms with E-state index in [4.69, 9.17) is 4.74 Å². The Morgan fingerprint density at radius 1 is 0.409 bits per heavy atom. The number of para-hydroxylation sites is 2. The fourth-order valence-corrected chi connectivity index (χ4v) is 11.6. The molecule has 0 N–H and O–H groups in total. The summed E-state index contributed by atoms with van der Waals surface area (Å²) in [5, 5.41) is 7.94. The molecule has 1 nitrogen and oxygen atoms in total. The molecule has 0 bridgehead atoms. The molecule has 0 amide bonds. The van der Waals surface area contributed by atoms with Crippen molar-refractivity contribution < 1.29 is 4.74 Å². The third kappa shape index (κ3) is 4.99. The molecule has 0 aliphatic carbocycles. The summed E-state index contributed by atoms with van der Waals surface area (Å²) < 4.78 is 7.34. The molecule has 216 valence electrons. The van der Waals surface area contributed by atoms with Gasteiger partial charge >= 0.3 is 0 Å². The highest BCUT2D eigenvalue weighted by molar-refractivity contribution is 7.80. The lowest BCUT2D eigenvalue weighted by Gasteiger charge is -2.38. The second-order valence-corrected chi connectivity index (χ2v) is 16.3. The lowest BCUT2D eigenvalue weighted by molar-refractivity contribution is 0.425. The van der Waals surface area contributed by atoms with Gasteiger partial charge in [0.25, 0.3) is 0 Å². The highest BCUT2D eigenvalue weighted by Crippen LogP contribution is 2.52. The maximum Gasteiger partial charge on any atom is 0.139 e. The molecular weight excluding hydrogens is 570 g/mol. The Balaban J connectivity index is 1.47. The van der Waals surface area contributed by atoms with Gasteiger partial charge in [-0.3, -0.25) is 0 Å². The van der Waals surface area contributed by atoms with E-state index < -0.39 is 15.8 Å². The molecule has 6 aromatic carbocycles. The maximum absolute atomic E-state index is 7.34. The van der Waals surface area contributed by atoms with Crippen molar-refractivity contribution in [2.45, 2.75) is 33.1 Å². The third-order valence-electron chi connectivity index (χ3n) is 8.76. The average Bonchev–Trinajstić information content (AvgIpc) is 3.05. The first-order valence-corrected chi connectivity index (χ1v) is 17.9. The van der Waals surface area contributed by atoms with Crippen molar-refractivity contribution in [1.82, 2.24) is 0 Å². The summed E-state index contributed by atoms with van der Waals surface area (Å²) in [6, 6.07) is 53.2. The first-order valence-electron chi connectivity index (χ1n) is 15.2. The first kappa shape index (κ1) is 28.7. The van der Waals surface area contributed by atoms with Gasteiger partial charge in [0.15, 0.2) is 0 Å². The normalized spacial score (nSPS) is 14.5. The van der Waals surface area contributed by atoms with Crippen molar-refractivity contribution in [2.24, 2.45) is 0 Å². The largest absolute Gasteiger partial charge is 0.455 e. The number of fused-ring (bicyclic) bond motifs is 2. The summed E-state index contributed by atoms with van der Waals surface area (Å²) >= 11 is 0. The molecular formula is C41H36OP2. The van der Waals surface area contributed by atoms with Gasteiger partial charge in [0.1, 0.15) is 11.5 Å². The van der Waals surface area contributed by atoms with E-state index in [1.54, 1.807) is 0 Å². The molecule has 6 aromatic rings. The minimum absolute atomic E-state index is 0.234. The fraction of sp³-hybridized carbons (Fsp3) is 0.122. The standard InChI is InChI=1S/C41H36OP2/c1-29-17-11-13-25-35(29)43(31-19-7-5-8-20-31)37-27-15-23-33-39(37)42-40-34(41(33,3)4)24-16-28-38(40)44(32-21-9-6-10-22-32)36-26-14-12-18-30(36)2/h5-28H,1-4H3/t43-,44-/m0/s1. The van der Waals surface area contributed by atoms with Crippen LogP contribution in [0, 0.1) is 13.8 Å². The van der Waals surface area contributed by atoms with Crippen LogP contribution in [0.5, 0.6) is 11.5 Å². The van der Waals surface area contributed by atoms with Crippen LogP contribution in [0.15, 0.2) is 146 Å². The Morgan fingerprint density at radius 2 is 0.773 bits per heavy atom. The summed E-state index contributed by atoms with van der Waals surface area (Å²) in [5.74, 6) is 2.03. The van der Waals surface area contributed by atoms with E-state index in [1.807, 2.05) is 0 Å². The minimum Gasteiger partial charge on any atom is -0.455 e. The zero-order valence-corrected chi connectivity index (χ0v) is 27.4. The van der Waals surface area contributed by atoms with Gasteiger partial charge in [-0.25, -0.2) is 0 Å². The Morgan fingerprint density at radius 3 is 1.18 bits per heavy atom. The van der Waals surface area contributed by atoms with E-state index in [9.17, 15) is 0 Å². The minimum atomic E-state index is -0.850. The molecule has 3 heteroatoms. The second-order valence-electron chi connectivity index (χ2n) is 11.9. The summed E-state index contributed by atoms with van der Waals surface area (Å²) in [7, 11) is -1.70. The summed E-state index contributed by atoms with van der Waals surface area (Å²) in [6.45, 7) is 9.18. The number of ether oxygens (including phenoxy) is 1. The van der Waals surface area contributed by atoms with Crippen LogP contribution in [0.3, 0.4) is 0 Å². The van der Waals surface area contributed by atoms with Gasteiger partial charge in [-0.2, -0.15) is 0 Å². The topological polar surface area (TPSA) is 9.23 Å². The van der Waals surface area contributed by atoms with Gasteiger partial charge in [0.05, 0.1) is 0 Å². The van der Waals surface area contributed by atoms with Gasteiger partial charge in [-0.05, 0) is 62.0 Å². The third-order valence-corrected chi connectivity index (χ3v) is 14.0. The van der Waals surface area contributed by atoms with Crippen molar-refractivity contribution in [3.05, 3.63) is 168 Å². The van der Waals surface area contributed by atoms with E-state index in [2.05, 4.69) is 173 Å². The monoisotopic (exact) mass is 606 g/mol. The van der Waals surface area contributed by atoms with E-state index in [-0.39, 0.29) is 5.41 Å². The predicted molar refractivity (Wildman–Crippen MR) is 192 cm³/mol. The molecule has 0 saturated carbocycles. The quantitative estimate of drug-likeness (QED) is 0.174. The van der Waals surface area contributed by atoms with Crippen LogP contribution in [0.1, 0.15) is 36.1 Å². The van der Waals surface area contributed by atoms with Crippen LogP contribution in [0.2, 0.25) is 0 Å². The van der Waals surface area contributed by atoms with Crippen LogP contribution in [0.4, 0.5) is 0 Å². The Bertz CT molecular complexity index is 1810. The van der Waals surface area contributed by atoms with Gasteiger partial charge in [0.2, 0.25) is 0 Å². The fourth-order valence-electron chi connectivity index (χ4n) is 6.45. The van der Waals surface area contributed by atoms with Crippen LogP contribution in [-0.2, 0) is 5.41 Å². The Hall–Kier alpha value is -4.02. The maximum atomic E-state index is 7.34. The highest BCUT2D eigenvalue weighted by atomic mass is 31.1. The van der Waals surface area contributed by atoms with E-state index >= 15 is 0 Å². The molecule has 0 saturated heterocycles. The predicted octanol–water partition coefficient (Wildman–Crippen LogP) is 8.25. The first-order chi connectivity index (χ1) is 21.4. The molecule has 0 aromatic heterocycles. The van der Waals surface area contributed by atoms with Crippen molar-refractivity contribution in [3.63, 3.8) is 0 Å². The smallest absolute Gasteiger partial charge is 0.139 e. The number of rotatable bonds is 6. The molecule has 0 radical (unpaired) electrons. The molecule has 0 unspecified atom stereocenters. The van der Waals surface area contributed by atoms with Crippen LogP contribution < -0.4 is 36.6 Å². The molecule has 44 heavy (non-hydrogen) atoms. The molecule has 7 rings (SSSR count). The molecule has 2 atom stereocenters. The summed E-state index contributed by atoms with van der Waals surface area (Å²) in [4.78, 5) is 0. The number of aryl methyl sites for hydroxylation is 2. The van der Waals surface area contributed by atoms with Gasteiger partial charge < -0.3 is 4.74 Å². The molecule has 1 heterocycles. The number of hydrogen-bond donors (Lipinski definition) is 0.